The third-order valence-corrected chi connectivity index (χ3v) is 5.26. The van der Waals surface area contributed by atoms with Crippen LogP contribution in [0.25, 0.3) is 5.69 Å². The van der Waals surface area contributed by atoms with Crippen LogP contribution in [-0.4, -0.2) is 50.2 Å². The summed E-state index contributed by atoms with van der Waals surface area (Å²) in [6.45, 7) is 2.56. The summed E-state index contributed by atoms with van der Waals surface area (Å²) in [5.41, 5.74) is 2.71. The number of aromatic nitrogens is 4. The van der Waals surface area contributed by atoms with Crippen molar-refractivity contribution in [1.29, 1.82) is 0 Å². The fraction of sp³-hybridized carbons (Fsp3) is 0.300. The Hall–Kier alpha value is -3.08. The van der Waals surface area contributed by atoms with Gasteiger partial charge < -0.3 is 9.64 Å². The lowest BCUT2D eigenvalue weighted by molar-refractivity contribution is -0.274. The summed E-state index contributed by atoms with van der Waals surface area (Å²) < 4.78 is 42.1. The standard InChI is InChI=1S/C20H20F3N5O2S/c1-3-14-4-6-15(7-5-14)12-27(2)18(29)13-31-19-24-25-26-28(19)16-8-10-17(11-9-16)30-20(21,22)23/h4-11H,3,12-13H2,1-2H3. The van der Waals surface area contributed by atoms with Crippen molar-refractivity contribution in [3.8, 4) is 11.4 Å². The van der Waals surface area contributed by atoms with Crippen LogP contribution in [0.1, 0.15) is 18.1 Å². The summed E-state index contributed by atoms with van der Waals surface area (Å²) in [6.07, 6.45) is -3.81. The van der Waals surface area contributed by atoms with E-state index in [0.717, 1.165) is 23.7 Å². The zero-order chi connectivity index (χ0) is 22.4. The maximum atomic E-state index is 12.5. The van der Waals surface area contributed by atoms with Gasteiger partial charge in [0.15, 0.2) is 0 Å². The molecule has 0 fully saturated rings. The molecule has 0 aliphatic rings. The molecule has 0 aliphatic carbocycles. The van der Waals surface area contributed by atoms with Crippen LogP contribution in [0.4, 0.5) is 13.2 Å². The number of amides is 1. The number of aryl methyl sites for hydroxylation is 1. The third kappa shape index (κ3) is 6.45. The molecule has 164 valence electrons. The fourth-order valence-corrected chi connectivity index (χ4v) is 3.53. The molecular weight excluding hydrogens is 431 g/mol. The molecule has 0 spiro atoms. The van der Waals surface area contributed by atoms with E-state index in [1.807, 2.05) is 24.3 Å². The van der Waals surface area contributed by atoms with E-state index in [-0.39, 0.29) is 17.4 Å². The number of tetrazole rings is 1. The van der Waals surface area contributed by atoms with E-state index in [0.29, 0.717) is 17.4 Å². The highest BCUT2D eigenvalue weighted by Crippen LogP contribution is 2.25. The molecule has 2 aromatic carbocycles. The fourth-order valence-electron chi connectivity index (χ4n) is 2.70. The predicted molar refractivity (Wildman–Crippen MR) is 109 cm³/mol. The number of benzene rings is 2. The topological polar surface area (TPSA) is 73.1 Å². The van der Waals surface area contributed by atoms with Crippen molar-refractivity contribution in [2.45, 2.75) is 31.4 Å². The van der Waals surface area contributed by atoms with Crippen molar-refractivity contribution in [2.75, 3.05) is 12.8 Å². The number of carbonyl (C=O) groups excluding carboxylic acids is 1. The number of thioether (sulfide) groups is 1. The summed E-state index contributed by atoms with van der Waals surface area (Å²) in [5, 5.41) is 11.7. The van der Waals surface area contributed by atoms with Crippen molar-refractivity contribution in [3.05, 3.63) is 59.7 Å². The van der Waals surface area contributed by atoms with Crippen molar-refractivity contribution < 1.29 is 22.7 Å². The summed E-state index contributed by atoms with van der Waals surface area (Å²) in [4.78, 5) is 14.1. The molecule has 0 atom stereocenters. The van der Waals surface area contributed by atoms with Crippen LogP contribution in [0.5, 0.6) is 5.75 Å². The molecule has 1 aromatic heterocycles. The van der Waals surface area contributed by atoms with Crippen molar-refractivity contribution in [3.63, 3.8) is 0 Å². The van der Waals surface area contributed by atoms with E-state index in [2.05, 4.69) is 27.2 Å². The van der Waals surface area contributed by atoms with Crippen LogP contribution in [0.3, 0.4) is 0 Å². The normalized spacial score (nSPS) is 11.4. The molecule has 1 heterocycles. The number of ether oxygens (including phenoxy) is 1. The molecule has 31 heavy (non-hydrogen) atoms. The van der Waals surface area contributed by atoms with Crippen molar-refractivity contribution in [2.24, 2.45) is 0 Å². The SMILES string of the molecule is CCc1ccc(CN(C)C(=O)CSc2nnnn2-c2ccc(OC(F)(F)F)cc2)cc1. The molecule has 3 aromatic rings. The Balaban J connectivity index is 1.59. The summed E-state index contributed by atoms with van der Waals surface area (Å²) in [7, 11) is 1.72. The Morgan fingerprint density at radius 2 is 1.74 bits per heavy atom. The number of alkyl halides is 3. The zero-order valence-electron chi connectivity index (χ0n) is 16.8. The first kappa shape index (κ1) is 22.6. The van der Waals surface area contributed by atoms with E-state index >= 15 is 0 Å². The molecule has 7 nitrogen and oxygen atoms in total. The van der Waals surface area contributed by atoms with Crippen LogP contribution >= 0.6 is 11.8 Å². The lowest BCUT2D eigenvalue weighted by atomic mass is 10.1. The average molecular weight is 451 g/mol. The maximum Gasteiger partial charge on any atom is 0.573 e. The minimum absolute atomic E-state index is 0.104. The van der Waals surface area contributed by atoms with Crippen LogP contribution in [-0.2, 0) is 17.8 Å². The Kier molecular flexibility index (Phi) is 7.16. The second kappa shape index (κ2) is 9.82. The Bertz CT molecular complexity index is 1010. The maximum absolute atomic E-state index is 12.5. The largest absolute Gasteiger partial charge is 0.573 e. The highest BCUT2D eigenvalue weighted by Gasteiger charge is 2.31. The van der Waals surface area contributed by atoms with Gasteiger partial charge in [0, 0.05) is 13.6 Å². The van der Waals surface area contributed by atoms with Gasteiger partial charge in [0.25, 0.3) is 0 Å². The molecule has 0 bridgehead atoms. The zero-order valence-corrected chi connectivity index (χ0v) is 17.7. The number of hydrogen-bond donors (Lipinski definition) is 0. The predicted octanol–water partition coefficient (Wildman–Crippen LogP) is 3.87. The number of hydrogen-bond acceptors (Lipinski definition) is 6. The van der Waals surface area contributed by atoms with E-state index < -0.39 is 6.36 Å². The molecule has 0 saturated carbocycles. The molecule has 0 aliphatic heterocycles. The van der Waals surface area contributed by atoms with Gasteiger partial charge >= 0.3 is 6.36 Å². The van der Waals surface area contributed by atoms with Gasteiger partial charge in [0.05, 0.1) is 11.4 Å². The number of rotatable bonds is 8. The number of nitrogens with zero attached hydrogens (tertiary/aromatic N) is 5. The van der Waals surface area contributed by atoms with E-state index in [9.17, 15) is 18.0 Å². The Labute approximate surface area is 181 Å². The molecule has 11 heteroatoms. The van der Waals surface area contributed by atoms with Gasteiger partial charge in [-0.25, -0.2) is 0 Å². The van der Waals surface area contributed by atoms with E-state index in [1.54, 1.807) is 11.9 Å². The highest BCUT2D eigenvalue weighted by atomic mass is 32.2. The van der Waals surface area contributed by atoms with E-state index in [1.165, 1.54) is 34.5 Å². The average Bonchev–Trinajstić information content (AvgIpc) is 3.20. The van der Waals surface area contributed by atoms with Gasteiger partial charge in [-0.3, -0.25) is 4.79 Å². The van der Waals surface area contributed by atoms with Crippen molar-refractivity contribution >= 4 is 17.7 Å². The monoisotopic (exact) mass is 451 g/mol. The Morgan fingerprint density at radius 3 is 2.35 bits per heavy atom. The first-order chi connectivity index (χ1) is 14.7. The first-order valence-electron chi connectivity index (χ1n) is 9.34. The summed E-state index contributed by atoms with van der Waals surface area (Å²) >= 11 is 1.14. The lowest BCUT2D eigenvalue weighted by Crippen LogP contribution is -2.27. The van der Waals surface area contributed by atoms with Crippen molar-refractivity contribution in [1.82, 2.24) is 25.1 Å². The molecule has 1 amide bonds. The second-order valence-electron chi connectivity index (χ2n) is 6.62. The second-order valence-corrected chi connectivity index (χ2v) is 7.57. The van der Waals surface area contributed by atoms with Gasteiger partial charge in [-0.05, 0) is 52.2 Å². The van der Waals surface area contributed by atoms with Crippen LogP contribution in [0.15, 0.2) is 53.7 Å². The van der Waals surface area contributed by atoms with Gasteiger partial charge in [-0.2, -0.15) is 4.68 Å². The molecular formula is C20H20F3N5O2S. The first-order valence-corrected chi connectivity index (χ1v) is 10.3. The van der Waals surface area contributed by atoms with Gasteiger partial charge in [-0.1, -0.05) is 43.0 Å². The number of halogens is 3. The molecule has 0 saturated heterocycles. The smallest absolute Gasteiger partial charge is 0.406 e. The quantitative estimate of drug-likeness (QED) is 0.484. The minimum Gasteiger partial charge on any atom is -0.406 e. The van der Waals surface area contributed by atoms with Crippen LogP contribution < -0.4 is 4.74 Å². The molecule has 0 N–H and O–H groups in total. The molecule has 0 radical (unpaired) electrons. The van der Waals surface area contributed by atoms with Crippen LogP contribution in [0.2, 0.25) is 0 Å². The van der Waals surface area contributed by atoms with Gasteiger partial charge in [0.1, 0.15) is 5.75 Å². The van der Waals surface area contributed by atoms with Gasteiger partial charge in [0.2, 0.25) is 11.1 Å². The highest BCUT2D eigenvalue weighted by molar-refractivity contribution is 7.99. The molecule has 3 rings (SSSR count). The number of carbonyl (C=O) groups is 1. The Morgan fingerprint density at radius 1 is 1.10 bits per heavy atom. The minimum atomic E-state index is -4.76. The van der Waals surface area contributed by atoms with Gasteiger partial charge in [-0.15, -0.1) is 18.3 Å². The third-order valence-electron chi connectivity index (χ3n) is 4.36. The summed E-state index contributed by atoms with van der Waals surface area (Å²) in [5.74, 6) is -0.338. The molecule has 0 unspecified atom stereocenters. The summed E-state index contributed by atoms with van der Waals surface area (Å²) in [6, 6.07) is 13.2. The lowest BCUT2D eigenvalue weighted by Gasteiger charge is -2.17. The van der Waals surface area contributed by atoms with Crippen LogP contribution in [0, 0.1) is 0 Å². The van der Waals surface area contributed by atoms with E-state index in [4.69, 9.17) is 0 Å².